The fourth-order valence-corrected chi connectivity index (χ4v) is 1.45. The van der Waals surface area contributed by atoms with Gasteiger partial charge in [0, 0.05) is 12.2 Å². The molecule has 0 heterocycles. The molecule has 1 atom stereocenters. The van der Waals surface area contributed by atoms with Crippen LogP contribution in [-0.4, -0.2) is 12.7 Å². The molecule has 1 aromatic rings. The third-order valence-corrected chi connectivity index (χ3v) is 2.25. The van der Waals surface area contributed by atoms with Gasteiger partial charge in [0.2, 0.25) is 0 Å². The highest BCUT2D eigenvalue weighted by Gasteiger charge is 2.09. The maximum absolute atomic E-state index is 5.99. The summed E-state index contributed by atoms with van der Waals surface area (Å²) in [4.78, 5) is 2.21. The standard InChI is InChI=1S/C11H18N2/c1-3-11(12)13(4-2)10-8-6-5-7-9-10/h5-9,11H,3-4,12H2,1-2H3. The van der Waals surface area contributed by atoms with Crippen LogP contribution in [0.4, 0.5) is 5.69 Å². The van der Waals surface area contributed by atoms with Crippen molar-refractivity contribution in [1.29, 1.82) is 0 Å². The number of para-hydroxylation sites is 1. The van der Waals surface area contributed by atoms with E-state index in [0.717, 1.165) is 13.0 Å². The van der Waals surface area contributed by atoms with E-state index in [0.29, 0.717) is 0 Å². The maximum atomic E-state index is 5.99. The van der Waals surface area contributed by atoms with Gasteiger partial charge in [-0.15, -0.1) is 0 Å². The Hall–Kier alpha value is -1.02. The lowest BCUT2D eigenvalue weighted by Gasteiger charge is -2.29. The Labute approximate surface area is 80.4 Å². The Balaban J connectivity index is 2.78. The van der Waals surface area contributed by atoms with E-state index < -0.39 is 0 Å². The zero-order valence-corrected chi connectivity index (χ0v) is 8.40. The first-order chi connectivity index (χ1) is 6.29. The van der Waals surface area contributed by atoms with Crippen molar-refractivity contribution in [3.63, 3.8) is 0 Å². The van der Waals surface area contributed by atoms with Crippen LogP contribution in [0, 0.1) is 0 Å². The predicted molar refractivity (Wildman–Crippen MR) is 57.7 cm³/mol. The van der Waals surface area contributed by atoms with Crippen LogP contribution < -0.4 is 10.6 Å². The number of nitrogens with zero attached hydrogens (tertiary/aromatic N) is 1. The molecule has 0 aromatic heterocycles. The fourth-order valence-electron chi connectivity index (χ4n) is 1.45. The zero-order valence-electron chi connectivity index (χ0n) is 8.40. The van der Waals surface area contributed by atoms with E-state index in [9.17, 15) is 0 Å². The van der Waals surface area contributed by atoms with Gasteiger partial charge < -0.3 is 10.6 Å². The number of hydrogen-bond acceptors (Lipinski definition) is 2. The molecule has 0 radical (unpaired) electrons. The van der Waals surface area contributed by atoms with Gasteiger partial charge in [0.15, 0.2) is 0 Å². The van der Waals surface area contributed by atoms with Crippen LogP contribution in [0.1, 0.15) is 20.3 Å². The first-order valence-electron chi connectivity index (χ1n) is 4.86. The van der Waals surface area contributed by atoms with E-state index >= 15 is 0 Å². The molecule has 2 nitrogen and oxygen atoms in total. The van der Waals surface area contributed by atoms with Crippen molar-refractivity contribution >= 4 is 5.69 Å². The van der Waals surface area contributed by atoms with Gasteiger partial charge in [-0.2, -0.15) is 0 Å². The quantitative estimate of drug-likeness (QED) is 0.716. The van der Waals surface area contributed by atoms with Crippen LogP contribution in [0.3, 0.4) is 0 Å². The summed E-state index contributed by atoms with van der Waals surface area (Å²) >= 11 is 0. The van der Waals surface area contributed by atoms with Crippen LogP contribution in [0.5, 0.6) is 0 Å². The highest BCUT2D eigenvalue weighted by atomic mass is 15.2. The van der Waals surface area contributed by atoms with Crippen molar-refractivity contribution in [2.24, 2.45) is 5.73 Å². The summed E-state index contributed by atoms with van der Waals surface area (Å²) in [6.45, 7) is 5.19. The molecule has 1 aromatic carbocycles. The average Bonchev–Trinajstić information content (AvgIpc) is 2.20. The molecule has 0 amide bonds. The van der Waals surface area contributed by atoms with Crippen LogP contribution in [0.25, 0.3) is 0 Å². The number of rotatable bonds is 4. The molecule has 13 heavy (non-hydrogen) atoms. The first kappa shape index (κ1) is 10.1. The predicted octanol–water partition coefficient (Wildman–Crippen LogP) is 2.21. The van der Waals surface area contributed by atoms with Crippen molar-refractivity contribution < 1.29 is 0 Å². The molecule has 72 valence electrons. The summed E-state index contributed by atoms with van der Waals surface area (Å²) in [5.74, 6) is 0. The summed E-state index contributed by atoms with van der Waals surface area (Å²) < 4.78 is 0. The molecule has 0 spiro atoms. The van der Waals surface area contributed by atoms with Crippen molar-refractivity contribution in [1.82, 2.24) is 0 Å². The first-order valence-corrected chi connectivity index (χ1v) is 4.86. The lowest BCUT2D eigenvalue weighted by molar-refractivity contribution is 0.605. The average molecular weight is 178 g/mol. The maximum Gasteiger partial charge on any atom is 0.0768 e. The minimum absolute atomic E-state index is 0.132. The molecular formula is C11H18N2. The number of hydrogen-bond donors (Lipinski definition) is 1. The molecule has 1 unspecified atom stereocenters. The van der Waals surface area contributed by atoms with Crippen molar-refractivity contribution in [2.45, 2.75) is 26.4 Å². The van der Waals surface area contributed by atoms with Gasteiger partial charge in [0.25, 0.3) is 0 Å². The summed E-state index contributed by atoms with van der Waals surface area (Å²) in [6, 6.07) is 10.3. The van der Waals surface area contributed by atoms with Crippen molar-refractivity contribution in [3.05, 3.63) is 30.3 Å². The van der Waals surface area contributed by atoms with Crippen molar-refractivity contribution in [3.8, 4) is 0 Å². The van der Waals surface area contributed by atoms with E-state index in [1.807, 2.05) is 18.2 Å². The number of benzene rings is 1. The van der Waals surface area contributed by atoms with E-state index in [4.69, 9.17) is 5.73 Å². The Morgan fingerprint density at radius 3 is 2.31 bits per heavy atom. The molecule has 0 aliphatic rings. The zero-order chi connectivity index (χ0) is 9.68. The Bertz CT molecular complexity index is 233. The second-order valence-electron chi connectivity index (χ2n) is 3.10. The summed E-state index contributed by atoms with van der Waals surface area (Å²) in [5.41, 5.74) is 7.19. The van der Waals surface area contributed by atoms with Gasteiger partial charge in [-0.1, -0.05) is 25.1 Å². The van der Waals surface area contributed by atoms with Gasteiger partial charge >= 0.3 is 0 Å². The van der Waals surface area contributed by atoms with Gasteiger partial charge in [-0.25, -0.2) is 0 Å². The van der Waals surface area contributed by atoms with E-state index in [2.05, 4.69) is 30.9 Å². The van der Waals surface area contributed by atoms with Gasteiger partial charge in [0.1, 0.15) is 0 Å². The molecule has 0 aliphatic heterocycles. The second-order valence-corrected chi connectivity index (χ2v) is 3.10. The fraction of sp³-hybridized carbons (Fsp3) is 0.455. The second kappa shape index (κ2) is 4.87. The van der Waals surface area contributed by atoms with E-state index in [-0.39, 0.29) is 6.17 Å². The molecule has 0 saturated carbocycles. The monoisotopic (exact) mass is 178 g/mol. The largest absolute Gasteiger partial charge is 0.357 e. The molecule has 0 fully saturated rings. The van der Waals surface area contributed by atoms with E-state index in [1.54, 1.807) is 0 Å². The molecule has 0 saturated heterocycles. The van der Waals surface area contributed by atoms with Gasteiger partial charge in [-0.05, 0) is 25.5 Å². The molecule has 0 bridgehead atoms. The Kier molecular flexibility index (Phi) is 3.77. The minimum atomic E-state index is 0.132. The SMILES string of the molecule is CCC(N)N(CC)c1ccccc1. The Morgan fingerprint density at radius 1 is 1.23 bits per heavy atom. The molecular weight excluding hydrogens is 160 g/mol. The van der Waals surface area contributed by atoms with E-state index in [1.165, 1.54) is 5.69 Å². The van der Waals surface area contributed by atoms with Gasteiger partial charge in [-0.3, -0.25) is 0 Å². The summed E-state index contributed by atoms with van der Waals surface area (Å²) in [5, 5.41) is 0. The molecule has 2 heteroatoms. The topological polar surface area (TPSA) is 29.3 Å². The lowest BCUT2D eigenvalue weighted by Crippen LogP contribution is -2.41. The third-order valence-electron chi connectivity index (χ3n) is 2.25. The van der Waals surface area contributed by atoms with Crippen LogP contribution in [-0.2, 0) is 0 Å². The Morgan fingerprint density at radius 2 is 1.85 bits per heavy atom. The highest BCUT2D eigenvalue weighted by Crippen LogP contribution is 2.14. The molecule has 1 rings (SSSR count). The van der Waals surface area contributed by atoms with Crippen LogP contribution in [0.2, 0.25) is 0 Å². The molecule has 0 aliphatic carbocycles. The summed E-state index contributed by atoms with van der Waals surface area (Å²) in [6.07, 6.45) is 1.11. The number of anilines is 1. The smallest absolute Gasteiger partial charge is 0.0768 e. The van der Waals surface area contributed by atoms with Crippen molar-refractivity contribution in [2.75, 3.05) is 11.4 Å². The molecule has 2 N–H and O–H groups in total. The third kappa shape index (κ3) is 2.46. The summed E-state index contributed by atoms with van der Waals surface area (Å²) in [7, 11) is 0. The van der Waals surface area contributed by atoms with Gasteiger partial charge in [0.05, 0.1) is 6.17 Å². The highest BCUT2D eigenvalue weighted by molar-refractivity contribution is 5.46. The minimum Gasteiger partial charge on any atom is -0.357 e. The normalized spacial score (nSPS) is 12.5. The van der Waals surface area contributed by atoms with Crippen LogP contribution >= 0.6 is 0 Å². The number of nitrogens with two attached hydrogens (primary N) is 1. The van der Waals surface area contributed by atoms with Crippen LogP contribution in [0.15, 0.2) is 30.3 Å². The lowest BCUT2D eigenvalue weighted by atomic mass is 10.2.